The topological polar surface area (TPSA) is 51.6 Å². The van der Waals surface area contributed by atoms with Gasteiger partial charge in [0.1, 0.15) is 0 Å². The maximum atomic E-state index is 10.5. The third-order valence-electron chi connectivity index (χ3n) is 4.79. The van der Waals surface area contributed by atoms with Gasteiger partial charge in [-0.3, -0.25) is 0 Å². The molecule has 1 aliphatic carbocycles. The van der Waals surface area contributed by atoms with Crippen molar-refractivity contribution in [3.63, 3.8) is 0 Å². The predicted molar refractivity (Wildman–Crippen MR) is 75.8 cm³/mol. The lowest BCUT2D eigenvalue weighted by Gasteiger charge is -2.48. The van der Waals surface area contributed by atoms with E-state index in [-0.39, 0.29) is 11.7 Å². The fourth-order valence-electron chi connectivity index (χ4n) is 3.37. The molecule has 0 amide bonds. The van der Waals surface area contributed by atoms with Gasteiger partial charge in [0.2, 0.25) is 5.88 Å². The molecule has 2 atom stereocenters. The van der Waals surface area contributed by atoms with Crippen LogP contribution in [0.4, 0.5) is 0 Å². The summed E-state index contributed by atoms with van der Waals surface area (Å²) in [5, 5.41) is 10.5. The van der Waals surface area contributed by atoms with Gasteiger partial charge in [0.15, 0.2) is 0 Å². The molecule has 0 aromatic carbocycles. The van der Waals surface area contributed by atoms with Crippen molar-refractivity contribution >= 4 is 0 Å². The molecule has 1 saturated heterocycles. The first-order valence-electron chi connectivity index (χ1n) is 7.52. The Morgan fingerprint density at radius 2 is 2.35 bits per heavy atom. The summed E-state index contributed by atoms with van der Waals surface area (Å²) >= 11 is 0. The first-order chi connectivity index (χ1) is 9.71. The number of ether oxygens (including phenoxy) is 2. The van der Waals surface area contributed by atoms with Crippen LogP contribution >= 0.6 is 0 Å². The summed E-state index contributed by atoms with van der Waals surface area (Å²) in [4.78, 5) is 4.19. The Morgan fingerprint density at radius 1 is 1.50 bits per heavy atom. The number of aliphatic hydroxyl groups is 1. The number of hydrogen-bond acceptors (Lipinski definition) is 4. The highest BCUT2D eigenvalue weighted by molar-refractivity contribution is 5.18. The second-order valence-electron chi connectivity index (χ2n) is 6.12. The predicted octanol–water partition coefficient (Wildman–Crippen LogP) is 2.34. The van der Waals surface area contributed by atoms with E-state index in [0.29, 0.717) is 18.2 Å². The van der Waals surface area contributed by atoms with Gasteiger partial charge in [-0.2, -0.15) is 0 Å². The van der Waals surface area contributed by atoms with Gasteiger partial charge in [-0.15, -0.1) is 0 Å². The Balaban J connectivity index is 1.58. The molecule has 2 heterocycles. The van der Waals surface area contributed by atoms with Crippen LogP contribution in [0.1, 0.15) is 37.7 Å². The maximum absolute atomic E-state index is 10.5. The number of methoxy groups -OCH3 is 1. The zero-order valence-corrected chi connectivity index (χ0v) is 12.0. The van der Waals surface area contributed by atoms with E-state index in [2.05, 4.69) is 4.98 Å². The molecule has 110 valence electrons. The summed E-state index contributed by atoms with van der Waals surface area (Å²) in [6.07, 6.45) is 7.74. The summed E-state index contributed by atoms with van der Waals surface area (Å²) in [5.74, 6) is 0.967. The van der Waals surface area contributed by atoms with Crippen molar-refractivity contribution in [3.05, 3.63) is 23.9 Å². The zero-order valence-electron chi connectivity index (χ0n) is 12.0. The molecule has 2 fully saturated rings. The summed E-state index contributed by atoms with van der Waals surface area (Å²) < 4.78 is 11.0. The second-order valence-corrected chi connectivity index (χ2v) is 6.12. The van der Waals surface area contributed by atoms with Crippen molar-refractivity contribution < 1.29 is 14.6 Å². The number of aromatic nitrogens is 1. The van der Waals surface area contributed by atoms with Gasteiger partial charge in [-0.25, -0.2) is 4.98 Å². The van der Waals surface area contributed by atoms with Crippen LogP contribution < -0.4 is 4.74 Å². The monoisotopic (exact) mass is 277 g/mol. The molecule has 4 nitrogen and oxygen atoms in total. The molecule has 0 bridgehead atoms. The van der Waals surface area contributed by atoms with Crippen LogP contribution in [0.2, 0.25) is 0 Å². The molecule has 20 heavy (non-hydrogen) atoms. The highest BCUT2D eigenvalue weighted by Crippen LogP contribution is 2.45. The van der Waals surface area contributed by atoms with Crippen molar-refractivity contribution in [2.24, 2.45) is 5.92 Å². The van der Waals surface area contributed by atoms with Gasteiger partial charge >= 0.3 is 0 Å². The van der Waals surface area contributed by atoms with E-state index in [4.69, 9.17) is 9.47 Å². The normalized spacial score (nSPS) is 26.0. The van der Waals surface area contributed by atoms with Crippen molar-refractivity contribution in [3.8, 4) is 5.88 Å². The standard InChI is InChI=1S/C16H23NO3/c1-19-15-4-3-12(11-17-15)9-14(18)13-5-8-20-16(10-13)6-2-7-16/h3-4,11,13-14,18H,2,5-10H2,1H3. The Hall–Kier alpha value is -1.13. The van der Waals surface area contributed by atoms with E-state index in [1.165, 1.54) is 19.3 Å². The van der Waals surface area contributed by atoms with Crippen LogP contribution in [0.5, 0.6) is 5.88 Å². The van der Waals surface area contributed by atoms with E-state index in [1.807, 2.05) is 12.1 Å². The van der Waals surface area contributed by atoms with Gasteiger partial charge < -0.3 is 14.6 Å². The second kappa shape index (κ2) is 5.70. The fourth-order valence-corrected chi connectivity index (χ4v) is 3.37. The quantitative estimate of drug-likeness (QED) is 0.918. The molecule has 1 aromatic rings. The zero-order chi connectivity index (χ0) is 14.0. The van der Waals surface area contributed by atoms with Crippen LogP contribution in [0.15, 0.2) is 18.3 Å². The molecular formula is C16H23NO3. The molecule has 1 spiro atoms. The van der Waals surface area contributed by atoms with Gasteiger partial charge in [0.25, 0.3) is 0 Å². The minimum atomic E-state index is -0.299. The first kappa shape index (κ1) is 13.8. The van der Waals surface area contributed by atoms with E-state index in [9.17, 15) is 5.11 Å². The van der Waals surface area contributed by atoms with Crippen molar-refractivity contribution in [2.75, 3.05) is 13.7 Å². The smallest absolute Gasteiger partial charge is 0.212 e. The summed E-state index contributed by atoms with van der Waals surface area (Å²) in [6, 6.07) is 3.83. The van der Waals surface area contributed by atoms with Crippen LogP contribution in [-0.2, 0) is 11.2 Å². The molecule has 1 aliphatic heterocycles. The molecular weight excluding hydrogens is 254 g/mol. The third-order valence-corrected chi connectivity index (χ3v) is 4.79. The van der Waals surface area contributed by atoms with E-state index >= 15 is 0 Å². The molecule has 4 heteroatoms. The molecule has 1 aromatic heterocycles. The van der Waals surface area contributed by atoms with Crippen LogP contribution in [-0.4, -0.2) is 35.5 Å². The highest BCUT2D eigenvalue weighted by Gasteiger charge is 2.43. The highest BCUT2D eigenvalue weighted by atomic mass is 16.5. The minimum Gasteiger partial charge on any atom is -0.481 e. The largest absolute Gasteiger partial charge is 0.481 e. The number of nitrogens with zero attached hydrogens (tertiary/aromatic N) is 1. The van der Waals surface area contributed by atoms with E-state index < -0.39 is 0 Å². The lowest BCUT2D eigenvalue weighted by atomic mass is 9.70. The minimum absolute atomic E-state index is 0.0993. The number of aliphatic hydroxyl groups excluding tert-OH is 1. The Bertz CT molecular complexity index is 442. The lowest BCUT2D eigenvalue weighted by molar-refractivity contribution is -0.156. The number of rotatable bonds is 4. The summed E-state index contributed by atoms with van der Waals surface area (Å²) in [6.45, 7) is 0.794. The van der Waals surface area contributed by atoms with Gasteiger partial charge in [0, 0.05) is 25.3 Å². The third kappa shape index (κ3) is 2.81. The molecule has 2 aliphatic rings. The summed E-state index contributed by atoms with van der Waals surface area (Å²) in [5.41, 5.74) is 1.16. The van der Waals surface area contributed by atoms with Gasteiger partial charge in [0.05, 0.1) is 18.8 Å². The van der Waals surface area contributed by atoms with Crippen LogP contribution in [0.25, 0.3) is 0 Å². The van der Waals surface area contributed by atoms with Crippen LogP contribution in [0.3, 0.4) is 0 Å². The number of hydrogen-bond donors (Lipinski definition) is 1. The van der Waals surface area contributed by atoms with E-state index in [0.717, 1.165) is 25.0 Å². The van der Waals surface area contributed by atoms with E-state index in [1.54, 1.807) is 13.3 Å². The first-order valence-corrected chi connectivity index (χ1v) is 7.52. The lowest BCUT2D eigenvalue weighted by Crippen LogP contribution is -2.48. The average Bonchev–Trinajstić information content (AvgIpc) is 2.46. The Kier molecular flexibility index (Phi) is 3.94. The molecule has 2 unspecified atom stereocenters. The fraction of sp³-hybridized carbons (Fsp3) is 0.688. The average molecular weight is 277 g/mol. The SMILES string of the molecule is COc1ccc(CC(O)C2CCOC3(CCC3)C2)cn1. The Morgan fingerprint density at radius 3 is 2.95 bits per heavy atom. The maximum Gasteiger partial charge on any atom is 0.212 e. The molecule has 1 saturated carbocycles. The molecule has 0 radical (unpaired) electrons. The molecule has 3 rings (SSSR count). The Labute approximate surface area is 120 Å². The van der Waals surface area contributed by atoms with Crippen molar-refractivity contribution in [1.82, 2.24) is 4.98 Å². The van der Waals surface area contributed by atoms with Crippen LogP contribution in [0, 0.1) is 5.92 Å². The van der Waals surface area contributed by atoms with Gasteiger partial charge in [-0.05, 0) is 43.6 Å². The number of pyridine rings is 1. The van der Waals surface area contributed by atoms with Gasteiger partial charge in [-0.1, -0.05) is 6.07 Å². The van der Waals surface area contributed by atoms with Crippen molar-refractivity contribution in [1.29, 1.82) is 0 Å². The molecule has 1 N–H and O–H groups in total. The summed E-state index contributed by atoms with van der Waals surface area (Å²) in [7, 11) is 1.61. The van der Waals surface area contributed by atoms with Crippen molar-refractivity contribution in [2.45, 2.75) is 50.2 Å².